The van der Waals surface area contributed by atoms with Gasteiger partial charge >= 0.3 is 11.6 Å². The van der Waals surface area contributed by atoms with Crippen molar-refractivity contribution in [3.63, 3.8) is 0 Å². The molecule has 1 heterocycles. The van der Waals surface area contributed by atoms with Gasteiger partial charge in [-0.1, -0.05) is 35.9 Å². The van der Waals surface area contributed by atoms with Crippen LogP contribution in [0.25, 0.3) is 22.1 Å². The summed E-state index contributed by atoms with van der Waals surface area (Å²) in [7, 11) is 1.58. The summed E-state index contributed by atoms with van der Waals surface area (Å²) in [6, 6.07) is 17.7. The van der Waals surface area contributed by atoms with Crippen molar-refractivity contribution < 1.29 is 28.6 Å². The zero-order valence-electron chi connectivity index (χ0n) is 20.1. The van der Waals surface area contributed by atoms with Gasteiger partial charge in [0.05, 0.1) is 7.11 Å². The molecule has 4 aromatic rings. The van der Waals surface area contributed by atoms with Crippen LogP contribution in [0.5, 0.6) is 11.5 Å². The first kappa shape index (κ1) is 25.8. The minimum Gasteiger partial charge on any atom is -0.497 e. The molecule has 0 aliphatic carbocycles. The van der Waals surface area contributed by atoms with Gasteiger partial charge < -0.3 is 24.3 Å². The predicted molar refractivity (Wildman–Crippen MR) is 139 cm³/mol. The molecule has 0 aliphatic heterocycles. The Morgan fingerprint density at radius 2 is 1.76 bits per heavy atom. The smallest absolute Gasteiger partial charge is 0.336 e. The Morgan fingerprint density at radius 3 is 2.41 bits per heavy atom. The lowest BCUT2D eigenvalue weighted by Crippen LogP contribution is -2.44. The number of amides is 1. The van der Waals surface area contributed by atoms with Gasteiger partial charge in [0.2, 0.25) is 0 Å². The number of halogens is 1. The maximum Gasteiger partial charge on any atom is 0.336 e. The molecule has 1 unspecified atom stereocenters. The topological polar surface area (TPSA) is 115 Å². The predicted octanol–water partition coefficient (Wildman–Crippen LogP) is 4.62. The fourth-order valence-electron chi connectivity index (χ4n) is 3.94. The lowest BCUT2D eigenvalue weighted by Gasteiger charge is -2.16. The van der Waals surface area contributed by atoms with Gasteiger partial charge in [-0.15, -0.1) is 0 Å². The Balaban J connectivity index is 1.51. The van der Waals surface area contributed by atoms with Crippen LogP contribution in [0.3, 0.4) is 0 Å². The molecular formula is C28H24ClNO7. The molecule has 0 spiro atoms. The van der Waals surface area contributed by atoms with E-state index in [9.17, 15) is 19.5 Å². The van der Waals surface area contributed by atoms with Gasteiger partial charge in [-0.25, -0.2) is 9.59 Å². The van der Waals surface area contributed by atoms with Crippen LogP contribution in [0, 0.1) is 6.92 Å². The highest BCUT2D eigenvalue weighted by atomic mass is 35.5. The molecule has 2 N–H and O–H groups in total. The van der Waals surface area contributed by atoms with Gasteiger partial charge in [-0.2, -0.15) is 0 Å². The summed E-state index contributed by atoms with van der Waals surface area (Å²) < 4.78 is 16.3. The Labute approximate surface area is 217 Å². The van der Waals surface area contributed by atoms with Crippen LogP contribution in [-0.2, 0) is 16.0 Å². The van der Waals surface area contributed by atoms with E-state index < -0.39 is 30.2 Å². The molecule has 37 heavy (non-hydrogen) atoms. The Bertz CT molecular complexity index is 1490. The number of carboxylic acid groups (broad SMARTS) is 1. The quantitative estimate of drug-likeness (QED) is 0.309. The van der Waals surface area contributed by atoms with Crippen molar-refractivity contribution in [2.45, 2.75) is 19.4 Å². The molecule has 4 rings (SSSR count). The third kappa shape index (κ3) is 6.10. The Hall–Kier alpha value is -4.30. The van der Waals surface area contributed by atoms with Crippen molar-refractivity contribution in [3.05, 3.63) is 93.3 Å². The number of hydrogen-bond acceptors (Lipinski definition) is 6. The second-order valence-electron chi connectivity index (χ2n) is 8.35. The molecule has 0 saturated carbocycles. The van der Waals surface area contributed by atoms with Gasteiger partial charge in [-0.05, 0) is 60.0 Å². The van der Waals surface area contributed by atoms with Crippen LogP contribution in [0.1, 0.15) is 11.1 Å². The number of carboxylic acids is 1. The second-order valence-corrected chi connectivity index (χ2v) is 8.79. The van der Waals surface area contributed by atoms with E-state index in [1.807, 2.05) is 12.1 Å². The molecule has 0 saturated heterocycles. The fraction of sp³-hybridized carbons (Fsp3) is 0.179. The number of carbonyl (C=O) groups is 2. The minimum absolute atomic E-state index is 0.0898. The van der Waals surface area contributed by atoms with Crippen LogP contribution >= 0.6 is 11.6 Å². The second kappa shape index (κ2) is 11.2. The zero-order chi connectivity index (χ0) is 26.5. The number of ether oxygens (including phenoxy) is 2. The molecule has 0 aliphatic rings. The highest BCUT2D eigenvalue weighted by Gasteiger charge is 2.21. The molecule has 1 aromatic heterocycles. The number of benzene rings is 3. The van der Waals surface area contributed by atoms with Crippen molar-refractivity contribution >= 4 is 34.4 Å². The molecule has 0 radical (unpaired) electrons. The van der Waals surface area contributed by atoms with E-state index in [2.05, 4.69) is 5.32 Å². The molecule has 0 bridgehead atoms. The van der Waals surface area contributed by atoms with Crippen molar-refractivity contribution in [1.82, 2.24) is 5.32 Å². The summed E-state index contributed by atoms with van der Waals surface area (Å²) in [4.78, 5) is 36.5. The van der Waals surface area contributed by atoms with Crippen molar-refractivity contribution in [3.8, 4) is 22.6 Å². The van der Waals surface area contributed by atoms with Crippen LogP contribution in [-0.4, -0.2) is 36.7 Å². The zero-order valence-corrected chi connectivity index (χ0v) is 20.9. The Kier molecular flexibility index (Phi) is 7.79. The normalized spacial score (nSPS) is 11.6. The minimum atomic E-state index is -1.17. The Morgan fingerprint density at radius 1 is 1.05 bits per heavy atom. The average Bonchev–Trinajstić information content (AvgIpc) is 2.89. The van der Waals surface area contributed by atoms with Gasteiger partial charge in [0.15, 0.2) is 6.61 Å². The van der Waals surface area contributed by atoms with Crippen molar-refractivity contribution in [2.24, 2.45) is 0 Å². The summed E-state index contributed by atoms with van der Waals surface area (Å²) in [6.45, 7) is 1.30. The lowest BCUT2D eigenvalue weighted by molar-refractivity contribution is -0.142. The van der Waals surface area contributed by atoms with Gasteiger partial charge in [0.25, 0.3) is 5.91 Å². The number of aliphatic carboxylic acids is 1. The molecule has 1 amide bonds. The summed E-state index contributed by atoms with van der Waals surface area (Å²) in [5, 5.41) is 13.2. The maximum atomic E-state index is 12.5. The molecule has 1 atom stereocenters. The van der Waals surface area contributed by atoms with Crippen molar-refractivity contribution in [2.75, 3.05) is 13.7 Å². The molecular weight excluding hydrogens is 498 g/mol. The van der Waals surface area contributed by atoms with Crippen LogP contribution in [0.15, 0.2) is 75.9 Å². The number of rotatable bonds is 9. The number of fused-ring (bicyclic) bond motifs is 1. The first-order chi connectivity index (χ1) is 17.7. The highest BCUT2D eigenvalue weighted by molar-refractivity contribution is 6.30. The highest BCUT2D eigenvalue weighted by Crippen LogP contribution is 2.33. The summed E-state index contributed by atoms with van der Waals surface area (Å²) in [6.07, 6.45) is 0.0898. The molecule has 3 aromatic carbocycles. The van der Waals surface area contributed by atoms with Crippen LogP contribution in [0.4, 0.5) is 0 Å². The molecule has 8 nitrogen and oxygen atoms in total. The van der Waals surface area contributed by atoms with E-state index in [1.165, 1.54) is 6.07 Å². The molecule has 0 fully saturated rings. The van der Waals surface area contributed by atoms with E-state index in [0.29, 0.717) is 44.2 Å². The van der Waals surface area contributed by atoms with Crippen molar-refractivity contribution in [1.29, 1.82) is 0 Å². The van der Waals surface area contributed by atoms with Gasteiger partial charge in [0.1, 0.15) is 23.1 Å². The summed E-state index contributed by atoms with van der Waals surface area (Å²) >= 11 is 5.87. The number of methoxy groups -OCH3 is 1. The van der Waals surface area contributed by atoms with Crippen LogP contribution in [0.2, 0.25) is 5.02 Å². The average molecular weight is 522 g/mol. The number of carbonyl (C=O) groups excluding carboxylic acids is 1. The first-order valence-electron chi connectivity index (χ1n) is 11.4. The van der Waals surface area contributed by atoms with E-state index in [-0.39, 0.29) is 6.42 Å². The lowest BCUT2D eigenvalue weighted by atomic mass is 10.00. The number of nitrogens with one attached hydrogen (secondary N) is 1. The molecule has 190 valence electrons. The third-order valence-electron chi connectivity index (χ3n) is 5.86. The monoisotopic (exact) mass is 521 g/mol. The summed E-state index contributed by atoms with van der Waals surface area (Å²) in [5.74, 6) is -0.742. The SMILES string of the molecule is COc1ccc(-c2cc(=O)oc3c(C)c(OCC(=O)NC(Cc4ccc(Cl)cc4)C(=O)O)ccc23)cc1. The third-order valence-corrected chi connectivity index (χ3v) is 6.11. The van der Waals surface area contributed by atoms with Gasteiger partial charge in [0, 0.05) is 28.5 Å². The van der Waals surface area contributed by atoms with E-state index in [0.717, 1.165) is 5.56 Å². The van der Waals surface area contributed by atoms with E-state index in [4.69, 9.17) is 25.5 Å². The van der Waals surface area contributed by atoms with Crippen LogP contribution < -0.4 is 20.4 Å². The maximum absolute atomic E-state index is 12.5. The molecule has 9 heteroatoms. The number of aryl methyl sites for hydroxylation is 1. The van der Waals surface area contributed by atoms with E-state index >= 15 is 0 Å². The number of hydrogen-bond donors (Lipinski definition) is 2. The standard InChI is InChI=1S/C28H24ClNO7/c1-16-24(36-15-25(31)30-23(28(33)34)13-17-3-7-19(29)8-4-17)12-11-21-22(14-26(32)37-27(16)21)18-5-9-20(35-2)10-6-18/h3-12,14,23H,13,15H2,1-2H3,(H,30,31)(H,33,34). The van der Waals surface area contributed by atoms with E-state index in [1.54, 1.807) is 62.6 Å². The van der Waals surface area contributed by atoms with Gasteiger partial charge in [-0.3, -0.25) is 4.79 Å². The summed E-state index contributed by atoms with van der Waals surface area (Å²) in [5.41, 5.74) is 2.56. The largest absolute Gasteiger partial charge is 0.497 e. The first-order valence-corrected chi connectivity index (χ1v) is 11.7. The fourth-order valence-corrected chi connectivity index (χ4v) is 4.07.